The molecular weight excluding hydrogens is 295 g/mol. The molecule has 1 aliphatic carbocycles. The zero-order chi connectivity index (χ0) is 14.5. The minimum absolute atomic E-state index is 0.0836. The van der Waals surface area contributed by atoms with Crippen LogP contribution in [0.2, 0.25) is 10.0 Å². The molecule has 2 rings (SSSR count). The van der Waals surface area contributed by atoms with Crippen LogP contribution >= 0.6 is 23.2 Å². The molecule has 5 heteroatoms. The molecule has 0 radical (unpaired) electrons. The Labute approximate surface area is 130 Å². The van der Waals surface area contributed by atoms with E-state index < -0.39 is 0 Å². The Morgan fingerprint density at radius 2 is 1.95 bits per heavy atom. The highest BCUT2D eigenvalue weighted by Crippen LogP contribution is 2.25. The van der Waals surface area contributed by atoms with Crippen LogP contribution in [0.4, 0.5) is 5.69 Å². The van der Waals surface area contributed by atoms with E-state index in [2.05, 4.69) is 10.6 Å². The van der Waals surface area contributed by atoms with Gasteiger partial charge in [0.2, 0.25) is 5.91 Å². The second kappa shape index (κ2) is 7.30. The van der Waals surface area contributed by atoms with Gasteiger partial charge in [0.05, 0.1) is 16.8 Å². The van der Waals surface area contributed by atoms with E-state index in [4.69, 9.17) is 23.2 Å². The first-order valence-corrected chi connectivity index (χ1v) is 7.84. The Hall–Kier alpha value is -0.770. The zero-order valence-electron chi connectivity index (χ0n) is 11.6. The van der Waals surface area contributed by atoms with E-state index in [0.717, 1.165) is 12.8 Å². The lowest BCUT2D eigenvalue weighted by Gasteiger charge is -2.26. The number of benzene rings is 1. The Bertz CT molecular complexity index is 473. The van der Waals surface area contributed by atoms with Gasteiger partial charge in [-0.1, -0.05) is 42.5 Å². The lowest BCUT2D eigenvalue weighted by Crippen LogP contribution is -2.44. The first-order valence-electron chi connectivity index (χ1n) is 7.08. The summed E-state index contributed by atoms with van der Waals surface area (Å²) < 4.78 is 0. The van der Waals surface area contributed by atoms with Crippen LogP contribution in [0.25, 0.3) is 0 Å². The molecule has 1 unspecified atom stereocenters. The van der Waals surface area contributed by atoms with Crippen LogP contribution in [0, 0.1) is 0 Å². The summed E-state index contributed by atoms with van der Waals surface area (Å²) in [5, 5.41) is 7.25. The summed E-state index contributed by atoms with van der Waals surface area (Å²) in [7, 11) is 0. The third-order valence-corrected chi connectivity index (χ3v) is 4.24. The van der Waals surface area contributed by atoms with Gasteiger partial charge in [-0.15, -0.1) is 0 Å². The summed E-state index contributed by atoms with van der Waals surface area (Å²) in [6.45, 7) is 1.88. The largest absolute Gasteiger partial charge is 0.323 e. The maximum Gasteiger partial charge on any atom is 0.241 e. The number of nitrogens with one attached hydrogen (secondary N) is 2. The summed E-state index contributed by atoms with van der Waals surface area (Å²) in [4.78, 5) is 12.2. The van der Waals surface area contributed by atoms with Crippen molar-refractivity contribution in [2.45, 2.75) is 51.1 Å². The maximum atomic E-state index is 12.2. The monoisotopic (exact) mass is 314 g/mol. The normalized spacial score (nSPS) is 17.8. The number of anilines is 1. The fraction of sp³-hybridized carbons (Fsp3) is 0.533. The van der Waals surface area contributed by atoms with Crippen molar-refractivity contribution >= 4 is 34.8 Å². The average Bonchev–Trinajstić information content (AvgIpc) is 2.44. The molecule has 3 nitrogen and oxygen atoms in total. The van der Waals surface area contributed by atoms with E-state index in [1.165, 1.54) is 19.3 Å². The van der Waals surface area contributed by atoms with Gasteiger partial charge in [-0.3, -0.25) is 4.79 Å². The van der Waals surface area contributed by atoms with Crippen LogP contribution in [0.3, 0.4) is 0 Å². The third-order valence-electron chi connectivity index (χ3n) is 3.67. The molecule has 0 aliphatic heterocycles. The molecule has 1 atom stereocenters. The molecule has 1 aliphatic rings. The fourth-order valence-electron chi connectivity index (χ4n) is 2.53. The van der Waals surface area contributed by atoms with E-state index in [1.54, 1.807) is 18.2 Å². The number of carbonyl (C=O) groups excluding carboxylic acids is 1. The van der Waals surface area contributed by atoms with E-state index in [0.29, 0.717) is 21.8 Å². The smallest absolute Gasteiger partial charge is 0.241 e. The standard InChI is InChI=1S/C15H20Cl2N2O/c1-10(18-12-5-3-2-4-6-12)15(20)19-14-9-11(16)7-8-13(14)17/h7-10,12,18H,2-6H2,1H3,(H,19,20). The van der Waals surface area contributed by atoms with Crippen molar-refractivity contribution in [3.63, 3.8) is 0 Å². The maximum absolute atomic E-state index is 12.2. The minimum Gasteiger partial charge on any atom is -0.323 e. The SMILES string of the molecule is CC(NC1CCCCC1)C(=O)Nc1cc(Cl)ccc1Cl. The minimum atomic E-state index is -0.242. The second-order valence-corrected chi connectivity index (χ2v) is 6.18. The molecule has 0 bridgehead atoms. The first-order chi connectivity index (χ1) is 9.56. The topological polar surface area (TPSA) is 41.1 Å². The van der Waals surface area contributed by atoms with E-state index >= 15 is 0 Å². The number of carbonyl (C=O) groups is 1. The Morgan fingerprint density at radius 1 is 1.25 bits per heavy atom. The first kappa shape index (κ1) is 15.6. The highest BCUT2D eigenvalue weighted by molar-refractivity contribution is 6.35. The summed E-state index contributed by atoms with van der Waals surface area (Å²) in [6, 6.07) is 5.24. The van der Waals surface area contributed by atoms with Gasteiger partial charge >= 0.3 is 0 Å². The Kier molecular flexibility index (Phi) is 5.70. The zero-order valence-corrected chi connectivity index (χ0v) is 13.1. The summed E-state index contributed by atoms with van der Waals surface area (Å²) >= 11 is 12.0. The third kappa shape index (κ3) is 4.37. The Morgan fingerprint density at radius 3 is 2.65 bits per heavy atom. The number of hydrogen-bond acceptors (Lipinski definition) is 2. The number of halogens is 2. The number of amides is 1. The van der Waals surface area contributed by atoms with E-state index in [-0.39, 0.29) is 11.9 Å². The highest BCUT2D eigenvalue weighted by Gasteiger charge is 2.20. The van der Waals surface area contributed by atoms with Gasteiger partial charge in [-0.25, -0.2) is 0 Å². The van der Waals surface area contributed by atoms with Crippen LogP contribution in [0.5, 0.6) is 0 Å². The van der Waals surface area contributed by atoms with Crippen LogP contribution in [-0.2, 0) is 4.79 Å². The molecule has 1 aromatic rings. The van der Waals surface area contributed by atoms with Crippen molar-refractivity contribution in [3.8, 4) is 0 Å². The molecule has 1 saturated carbocycles. The van der Waals surface area contributed by atoms with E-state index in [9.17, 15) is 4.79 Å². The molecule has 0 aromatic heterocycles. The van der Waals surface area contributed by atoms with Crippen molar-refractivity contribution < 1.29 is 4.79 Å². The van der Waals surface area contributed by atoms with Gasteiger partial charge in [-0.05, 0) is 38.0 Å². The van der Waals surface area contributed by atoms with Crippen molar-refractivity contribution in [1.82, 2.24) is 5.32 Å². The van der Waals surface area contributed by atoms with Gasteiger partial charge in [-0.2, -0.15) is 0 Å². The van der Waals surface area contributed by atoms with Crippen LogP contribution < -0.4 is 10.6 Å². The number of rotatable bonds is 4. The average molecular weight is 315 g/mol. The molecule has 0 spiro atoms. The second-order valence-electron chi connectivity index (χ2n) is 5.34. The van der Waals surface area contributed by atoms with Gasteiger partial charge in [0.1, 0.15) is 0 Å². The van der Waals surface area contributed by atoms with Crippen molar-refractivity contribution in [1.29, 1.82) is 0 Å². The predicted octanol–water partition coefficient (Wildman–Crippen LogP) is 4.24. The molecule has 0 saturated heterocycles. The van der Waals surface area contributed by atoms with Crippen molar-refractivity contribution in [2.75, 3.05) is 5.32 Å². The van der Waals surface area contributed by atoms with Crippen LogP contribution in [0.1, 0.15) is 39.0 Å². The quantitative estimate of drug-likeness (QED) is 0.872. The molecule has 110 valence electrons. The Balaban J connectivity index is 1.91. The molecule has 1 aromatic carbocycles. The summed E-state index contributed by atoms with van der Waals surface area (Å²) in [5.41, 5.74) is 0.557. The molecular formula is C15H20Cl2N2O. The van der Waals surface area contributed by atoms with Gasteiger partial charge in [0.25, 0.3) is 0 Å². The van der Waals surface area contributed by atoms with Crippen LogP contribution in [0.15, 0.2) is 18.2 Å². The summed E-state index contributed by atoms with van der Waals surface area (Å²) in [6.07, 6.45) is 6.08. The molecule has 1 fully saturated rings. The lowest BCUT2D eigenvalue weighted by atomic mass is 9.95. The molecule has 20 heavy (non-hydrogen) atoms. The number of hydrogen-bond donors (Lipinski definition) is 2. The predicted molar refractivity (Wildman–Crippen MR) is 84.6 cm³/mol. The van der Waals surface area contributed by atoms with Gasteiger partial charge in [0.15, 0.2) is 0 Å². The highest BCUT2D eigenvalue weighted by atomic mass is 35.5. The molecule has 0 heterocycles. The van der Waals surface area contributed by atoms with Crippen molar-refractivity contribution in [2.24, 2.45) is 0 Å². The van der Waals surface area contributed by atoms with Gasteiger partial charge < -0.3 is 10.6 Å². The van der Waals surface area contributed by atoms with Gasteiger partial charge in [0, 0.05) is 11.1 Å². The molecule has 1 amide bonds. The molecule has 2 N–H and O–H groups in total. The van der Waals surface area contributed by atoms with Crippen LogP contribution in [-0.4, -0.2) is 18.0 Å². The lowest BCUT2D eigenvalue weighted by molar-refractivity contribution is -0.118. The van der Waals surface area contributed by atoms with Crippen molar-refractivity contribution in [3.05, 3.63) is 28.2 Å². The fourth-order valence-corrected chi connectivity index (χ4v) is 2.87. The van der Waals surface area contributed by atoms with E-state index in [1.807, 2.05) is 6.92 Å². The summed E-state index contributed by atoms with van der Waals surface area (Å²) in [5.74, 6) is -0.0836.